The molecule has 1 N–H and O–H groups in total. The number of nitrogens with one attached hydrogen (secondary N) is 1. The number of rotatable bonds is 6. The molecule has 2 aliphatic heterocycles. The lowest BCUT2D eigenvalue weighted by Gasteiger charge is -2.37. The van der Waals surface area contributed by atoms with E-state index in [4.69, 9.17) is 4.74 Å². The molecule has 2 heterocycles. The number of carbonyl (C=O) groups excluding carboxylic acids is 1. The molecule has 0 bridgehead atoms. The highest BCUT2D eigenvalue weighted by Gasteiger charge is 2.24. The van der Waals surface area contributed by atoms with Crippen LogP contribution in [0.4, 0.5) is 4.39 Å². The summed E-state index contributed by atoms with van der Waals surface area (Å²) in [5.74, 6) is 0.980. The Bertz CT molecular complexity index is 735. The summed E-state index contributed by atoms with van der Waals surface area (Å²) in [4.78, 5) is 23.3. The molecule has 0 unspecified atom stereocenters. The van der Waals surface area contributed by atoms with Crippen molar-refractivity contribution in [2.75, 3.05) is 59.5 Å². The van der Waals surface area contributed by atoms with Crippen LogP contribution in [0.2, 0.25) is 0 Å². The maximum Gasteiger partial charge on any atom is 0.236 e. The molecule has 31 heavy (non-hydrogen) atoms. The molecule has 0 spiro atoms. The van der Waals surface area contributed by atoms with Gasteiger partial charge >= 0.3 is 0 Å². The summed E-state index contributed by atoms with van der Waals surface area (Å²) in [5.41, 5.74) is 0.836. The normalized spacial score (nSPS) is 17.8. The van der Waals surface area contributed by atoms with Crippen molar-refractivity contribution in [3.8, 4) is 5.75 Å². The van der Waals surface area contributed by atoms with Crippen LogP contribution in [0.3, 0.4) is 0 Å². The van der Waals surface area contributed by atoms with Crippen molar-refractivity contribution in [2.45, 2.75) is 32.7 Å². The first-order valence-corrected chi connectivity index (χ1v) is 11.0. The van der Waals surface area contributed by atoms with E-state index in [0.717, 1.165) is 63.6 Å². The second-order valence-electron chi connectivity index (χ2n) is 7.80. The van der Waals surface area contributed by atoms with Crippen LogP contribution in [0.15, 0.2) is 23.2 Å². The zero-order valence-corrected chi connectivity index (χ0v) is 20.9. The van der Waals surface area contributed by atoms with Gasteiger partial charge in [0.25, 0.3) is 0 Å². The highest BCUT2D eigenvalue weighted by Crippen LogP contribution is 2.18. The summed E-state index contributed by atoms with van der Waals surface area (Å²) in [7, 11) is 1.76. The fourth-order valence-electron chi connectivity index (χ4n) is 3.99. The Morgan fingerprint density at radius 1 is 1.10 bits per heavy atom. The van der Waals surface area contributed by atoms with Gasteiger partial charge in [-0.3, -0.25) is 14.7 Å². The zero-order valence-electron chi connectivity index (χ0n) is 18.6. The van der Waals surface area contributed by atoms with Crippen LogP contribution < -0.4 is 10.1 Å². The lowest BCUT2D eigenvalue weighted by Crippen LogP contribution is -2.54. The highest BCUT2D eigenvalue weighted by molar-refractivity contribution is 14.0. The summed E-state index contributed by atoms with van der Waals surface area (Å²) >= 11 is 0. The Balaban J connectivity index is 0.00000341. The van der Waals surface area contributed by atoms with E-state index in [2.05, 4.69) is 20.1 Å². The van der Waals surface area contributed by atoms with Crippen molar-refractivity contribution in [1.82, 2.24) is 20.0 Å². The summed E-state index contributed by atoms with van der Waals surface area (Å²) in [6.45, 7) is 8.36. The van der Waals surface area contributed by atoms with Gasteiger partial charge in [-0.2, -0.15) is 0 Å². The Hall–Kier alpha value is -1.62. The minimum atomic E-state index is -0.349. The highest BCUT2D eigenvalue weighted by atomic mass is 127. The van der Waals surface area contributed by atoms with Crippen molar-refractivity contribution < 1.29 is 13.9 Å². The third-order valence-corrected chi connectivity index (χ3v) is 5.70. The number of guanidine groups is 1. The first-order valence-electron chi connectivity index (χ1n) is 11.0. The van der Waals surface area contributed by atoms with Crippen LogP contribution in [0.1, 0.15) is 31.7 Å². The summed E-state index contributed by atoms with van der Waals surface area (Å²) in [5, 5.41) is 3.32. The molecule has 0 radical (unpaired) electrons. The van der Waals surface area contributed by atoms with Crippen molar-refractivity contribution >= 4 is 35.8 Å². The van der Waals surface area contributed by atoms with Crippen LogP contribution >= 0.6 is 24.0 Å². The van der Waals surface area contributed by atoms with Gasteiger partial charge in [0.15, 0.2) is 17.5 Å². The lowest BCUT2D eigenvalue weighted by molar-refractivity contribution is -0.133. The Morgan fingerprint density at radius 3 is 2.42 bits per heavy atom. The minimum absolute atomic E-state index is 0. The van der Waals surface area contributed by atoms with Crippen molar-refractivity contribution in [2.24, 2.45) is 4.99 Å². The average molecular weight is 547 g/mol. The number of hydrogen-bond donors (Lipinski definition) is 1. The number of carbonyl (C=O) groups is 1. The first kappa shape index (κ1) is 25.6. The molecule has 2 saturated heterocycles. The smallest absolute Gasteiger partial charge is 0.236 e. The molecule has 174 valence electrons. The molecule has 1 aromatic rings. The fraction of sp³-hybridized carbons (Fsp3) is 0.636. The van der Waals surface area contributed by atoms with Crippen molar-refractivity contribution in [3.05, 3.63) is 29.6 Å². The number of aliphatic imine (C=N–C) groups is 1. The number of likely N-dealkylation sites (tertiary alicyclic amines) is 1. The molecule has 2 aliphatic rings. The number of halogens is 2. The third kappa shape index (κ3) is 7.48. The molecule has 1 amide bonds. The number of amides is 1. The van der Waals surface area contributed by atoms with Gasteiger partial charge in [0.05, 0.1) is 13.2 Å². The maximum atomic E-state index is 14.0. The van der Waals surface area contributed by atoms with Gasteiger partial charge in [0, 0.05) is 52.9 Å². The Morgan fingerprint density at radius 2 is 1.81 bits per heavy atom. The van der Waals surface area contributed by atoms with E-state index in [1.165, 1.54) is 12.5 Å². The van der Waals surface area contributed by atoms with Gasteiger partial charge in [-0.25, -0.2) is 4.39 Å². The van der Waals surface area contributed by atoms with Crippen molar-refractivity contribution in [3.63, 3.8) is 0 Å². The third-order valence-electron chi connectivity index (χ3n) is 5.70. The second-order valence-corrected chi connectivity index (χ2v) is 7.80. The van der Waals surface area contributed by atoms with Gasteiger partial charge in [-0.1, -0.05) is 6.07 Å². The molecular weight excluding hydrogens is 512 g/mol. The molecule has 1 aromatic carbocycles. The van der Waals surface area contributed by atoms with E-state index in [0.29, 0.717) is 19.7 Å². The quantitative estimate of drug-likeness (QED) is 0.337. The molecule has 2 fully saturated rings. The second kappa shape index (κ2) is 13.0. The SMILES string of the molecule is CCOc1ccc(CNC(=NC)N2CCN(CC(=O)N3CCCCC3)CC2)cc1F.I. The van der Waals surface area contributed by atoms with E-state index < -0.39 is 0 Å². The average Bonchev–Trinajstić information content (AvgIpc) is 2.77. The largest absolute Gasteiger partial charge is 0.491 e. The van der Waals surface area contributed by atoms with E-state index in [1.54, 1.807) is 13.1 Å². The fourth-order valence-corrected chi connectivity index (χ4v) is 3.99. The van der Waals surface area contributed by atoms with E-state index in [1.807, 2.05) is 17.9 Å². The molecule has 3 rings (SSSR count). The Kier molecular flexibility index (Phi) is 10.8. The number of piperidine rings is 1. The van der Waals surface area contributed by atoms with Gasteiger partial charge in [-0.15, -0.1) is 24.0 Å². The van der Waals surface area contributed by atoms with Gasteiger partial charge in [0.2, 0.25) is 5.91 Å². The van der Waals surface area contributed by atoms with Crippen LogP contribution in [-0.2, 0) is 11.3 Å². The van der Waals surface area contributed by atoms with Gasteiger partial charge in [-0.05, 0) is 43.9 Å². The van der Waals surface area contributed by atoms with Crippen molar-refractivity contribution in [1.29, 1.82) is 0 Å². The predicted molar refractivity (Wildman–Crippen MR) is 132 cm³/mol. The number of ether oxygens (including phenoxy) is 1. The first-order chi connectivity index (χ1) is 14.6. The summed E-state index contributed by atoms with van der Waals surface area (Å²) < 4.78 is 19.3. The lowest BCUT2D eigenvalue weighted by atomic mass is 10.1. The zero-order chi connectivity index (χ0) is 21.3. The predicted octanol–water partition coefficient (Wildman–Crippen LogP) is 2.55. The number of nitrogens with zero attached hydrogens (tertiary/aromatic N) is 4. The number of piperazine rings is 1. The molecule has 0 aromatic heterocycles. The molecular formula is C22H35FIN5O2. The van der Waals surface area contributed by atoms with Crippen LogP contribution in [0.5, 0.6) is 5.75 Å². The van der Waals surface area contributed by atoms with Gasteiger partial charge < -0.3 is 19.9 Å². The van der Waals surface area contributed by atoms with E-state index in [9.17, 15) is 9.18 Å². The monoisotopic (exact) mass is 547 g/mol. The maximum absolute atomic E-state index is 14.0. The van der Waals surface area contributed by atoms with E-state index in [-0.39, 0.29) is 41.5 Å². The summed E-state index contributed by atoms with van der Waals surface area (Å²) in [6.07, 6.45) is 3.48. The van der Waals surface area contributed by atoms with Crippen LogP contribution in [0, 0.1) is 5.82 Å². The summed E-state index contributed by atoms with van der Waals surface area (Å²) in [6, 6.07) is 5.02. The minimum Gasteiger partial charge on any atom is -0.491 e. The molecule has 9 heteroatoms. The number of hydrogen-bond acceptors (Lipinski definition) is 4. The molecule has 0 atom stereocenters. The molecule has 7 nitrogen and oxygen atoms in total. The van der Waals surface area contributed by atoms with Crippen LogP contribution in [-0.4, -0.2) is 86.0 Å². The topological polar surface area (TPSA) is 60.4 Å². The van der Waals surface area contributed by atoms with Gasteiger partial charge in [0.1, 0.15) is 0 Å². The molecule has 0 saturated carbocycles. The van der Waals surface area contributed by atoms with Crippen LogP contribution in [0.25, 0.3) is 0 Å². The standard InChI is InChI=1S/C22H34FN5O2.HI/c1-3-30-20-8-7-18(15-19(20)23)16-25-22(24-2)28-13-11-26(12-14-28)17-21(29)27-9-5-4-6-10-27;/h7-8,15H,3-6,9-14,16-17H2,1-2H3,(H,24,25);1H. The van der Waals surface area contributed by atoms with E-state index >= 15 is 0 Å². The number of benzene rings is 1. The Labute approximate surface area is 202 Å². The molecule has 0 aliphatic carbocycles.